The second-order valence-electron chi connectivity index (χ2n) is 10.8. The molecular formula is C32H72Cu4N16O8. The molecule has 4 radical (unpaired) electrons. The van der Waals surface area contributed by atoms with Gasteiger partial charge in [-0.2, -0.15) is 0 Å². The van der Waals surface area contributed by atoms with E-state index in [1.165, 1.54) is 19.6 Å². The normalized spacial score (nSPS) is 8.53. The van der Waals surface area contributed by atoms with E-state index in [1.807, 2.05) is 19.6 Å². The summed E-state index contributed by atoms with van der Waals surface area (Å²) in [5.41, 5.74) is 54.0. The Bertz CT molecular complexity index is 674. The first-order valence-corrected chi connectivity index (χ1v) is 18.6. The van der Waals surface area contributed by atoms with E-state index in [-0.39, 0.29) is 121 Å². The van der Waals surface area contributed by atoms with Crippen molar-refractivity contribution in [3.8, 4) is 0 Å². The van der Waals surface area contributed by atoms with Crippen LogP contribution < -0.4 is 20.4 Å². The fraction of sp³-hybridized carbons (Fsp3) is 1.00. The molecule has 24 nitrogen and oxygen atoms in total. The predicted molar refractivity (Wildman–Crippen MR) is 214 cm³/mol. The number of aliphatic hydroxyl groups excluding tert-OH is 4. The molecule has 0 saturated carbocycles. The zero-order valence-corrected chi connectivity index (χ0v) is 39.3. The number of unbranched alkanes of at least 4 members (excludes halogenated alkanes) is 4. The fourth-order valence-electron chi connectivity index (χ4n) is 3.95. The third-order valence-electron chi connectivity index (χ3n) is 6.61. The van der Waals surface area contributed by atoms with E-state index in [9.17, 15) is 20.4 Å². The number of nitrogens with zero attached hydrogens (tertiary/aromatic N) is 16. The topological polar surface area (TPSA) is 421 Å². The largest absolute Gasteiger partial charge is 2.00 e. The van der Waals surface area contributed by atoms with Crippen LogP contribution in [0.5, 0.6) is 0 Å². The Morgan fingerprint density at radius 3 is 0.533 bits per heavy atom. The second kappa shape index (κ2) is 102. The fourth-order valence-corrected chi connectivity index (χ4v) is 3.95. The quantitative estimate of drug-likeness (QED) is 0.0372. The summed E-state index contributed by atoms with van der Waals surface area (Å²) in [6, 6.07) is 0. The maximum atomic E-state index is 10.3. The van der Waals surface area contributed by atoms with Crippen molar-refractivity contribution in [1.29, 1.82) is 0 Å². The summed E-state index contributed by atoms with van der Waals surface area (Å²) in [5.74, 6) is 0. The van der Waals surface area contributed by atoms with Crippen LogP contribution in [-0.2, 0) is 68.3 Å². The third-order valence-corrected chi connectivity index (χ3v) is 6.61. The van der Waals surface area contributed by atoms with Crippen LogP contribution in [0.25, 0.3) is 63.9 Å². The molecule has 0 fully saturated rings. The summed E-state index contributed by atoms with van der Waals surface area (Å²) in [6.07, 6.45) is 9.00. The average molecular weight is 1060 g/mol. The van der Waals surface area contributed by atoms with Gasteiger partial charge in [-0.3, -0.25) is 19.6 Å². The standard InChI is InChI=1S/4C8H18NO2.4Cu.4N3/c4*1-2-3-4-9(5-7-10)6-8-11;;;;;4*1-3-2/h4*10H,2-8H2,1H3;;;;;;;;/q4*-1;4*+2;4*-1. The summed E-state index contributed by atoms with van der Waals surface area (Å²) in [7, 11) is 0. The van der Waals surface area contributed by atoms with Gasteiger partial charge in [-0.1, -0.05) is 53.4 Å². The molecule has 0 aliphatic carbocycles. The van der Waals surface area contributed by atoms with Crippen molar-refractivity contribution in [1.82, 2.24) is 19.6 Å². The Labute approximate surface area is 401 Å². The Hall–Kier alpha value is -1.16. The van der Waals surface area contributed by atoms with E-state index in [4.69, 9.17) is 64.7 Å². The molecule has 372 valence electrons. The zero-order valence-electron chi connectivity index (χ0n) is 35.6. The van der Waals surface area contributed by atoms with Gasteiger partial charge in [-0.25, -0.2) is 0 Å². The van der Waals surface area contributed by atoms with Crippen LogP contribution in [0.15, 0.2) is 0 Å². The predicted octanol–water partition coefficient (Wildman–Crippen LogP) is 1.22. The number of aliphatic hydroxyl groups is 4. The van der Waals surface area contributed by atoms with Crippen molar-refractivity contribution in [3.05, 3.63) is 63.9 Å². The molecule has 60 heavy (non-hydrogen) atoms. The van der Waals surface area contributed by atoms with E-state index in [1.54, 1.807) is 0 Å². The number of rotatable bonds is 28. The molecule has 0 amide bonds. The first-order chi connectivity index (χ1) is 27.0. The van der Waals surface area contributed by atoms with Crippen LogP contribution >= 0.6 is 0 Å². The van der Waals surface area contributed by atoms with Gasteiger partial charge in [0.1, 0.15) is 0 Å². The van der Waals surface area contributed by atoms with Gasteiger partial charge in [-0.05, 0) is 78.0 Å². The number of hydrogen-bond donors (Lipinski definition) is 4. The van der Waals surface area contributed by atoms with Gasteiger partial charge in [0.25, 0.3) is 0 Å². The van der Waals surface area contributed by atoms with E-state index in [0.717, 1.165) is 77.5 Å². The van der Waals surface area contributed by atoms with Crippen LogP contribution in [0.4, 0.5) is 0 Å². The molecular weight excluding hydrogens is 991 g/mol. The van der Waals surface area contributed by atoms with Crippen molar-refractivity contribution in [3.63, 3.8) is 0 Å². The minimum atomic E-state index is -0.0658. The molecule has 0 aliphatic heterocycles. The first kappa shape index (κ1) is 89.7. The first-order valence-electron chi connectivity index (χ1n) is 18.6. The van der Waals surface area contributed by atoms with Crippen LogP contribution in [0.1, 0.15) is 79.1 Å². The minimum absolute atomic E-state index is 0. The van der Waals surface area contributed by atoms with E-state index in [2.05, 4.69) is 27.7 Å². The van der Waals surface area contributed by atoms with Gasteiger partial charge in [0, 0.05) is 26.2 Å². The van der Waals surface area contributed by atoms with Crippen LogP contribution in [-0.4, -0.2) is 171 Å². The molecule has 0 rings (SSSR count). The molecule has 0 aromatic rings. The van der Waals surface area contributed by atoms with Gasteiger partial charge in [0.05, 0.1) is 26.4 Å². The monoisotopic (exact) mass is 1060 g/mol. The van der Waals surface area contributed by atoms with Crippen LogP contribution in [0.2, 0.25) is 0 Å². The van der Waals surface area contributed by atoms with Crippen molar-refractivity contribution in [2.45, 2.75) is 79.1 Å². The van der Waals surface area contributed by atoms with Gasteiger partial charge in [0.15, 0.2) is 0 Å². The molecule has 0 bridgehead atoms. The summed E-state index contributed by atoms with van der Waals surface area (Å²) in [6.45, 7) is 17.5. The van der Waals surface area contributed by atoms with Crippen molar-refractivity contribution >= 4 is 0 Å². The summed E-state index contributed by atoms with van der Waals surface area (Å²) >= 11 is 0. The van der Waals surface area contributed by atoms with Crippen LogP contribution in [0, 0.1) is 0 Å². The van der Waals surface area contributed by atoms with Gasteiger partial charge < -0.3 is 105 Å². The maximum Gasteiger partial charge on any atom is 2.00 e. The molecule has 28 heteroatoms. The molecule has 0 atom stereocenters. The van der Waals surface area contributed by atoms with E-state index < -0.39 is 0 Å². The molecule has 0 saturated heterocycles. The van der Waals surface area contributed by atoms with Gasteiger partial charge in [-0.15, -0.1) is 26.4 Å². The molecule has 4 N–H and O–H groups in total. The zero-order chi connectivity index (χ0) is 44.9. The van der Waals surface area contributed by atoms with Crippen molar-refractivity contribution < 1.29 is 109 Å². The van der Waals surface area contributed by atoms with E-state index >= 15 is 0 Å². The average Bonchev–Trinajstić information content (AvgIpc) is 3.17. The Kier molecular flexibility index (Phi) is 152. The van der Waals surface area contributed by atoms with Crippen LogP contribution in [0.3, 0.4) is 0 Å². The molecule has 0 aromatic carbocycles. The Balaban J connectivity index is -0.0000000459. The van der Waals surface area contributed by atoms with Gasteiger partial charge >= 0.3 is 68.3 Å². The molecule has 0 heterocycles. The van der Waals surface area contributed by atoms with Crippen molar-refractivity contribution in [2.75, 3.05) is 131 Å². The smallest absolute Gasteiger partial charge is 0.854 e. The third kappa shape index (κ3) is 117. The molecule has 0 aromatic heterocycles. The minimum Gasteiger partial charge on any atom is -0.854 e. The SMILES string of the molecule is CCCCN(CC[O-])CCO.CCCCN(CC[O-])CCO.CCCCN(CC[O-])CCO.CCCCN(CC[O-])CCO.[Cu+2].[Cu+2].[Cu+2].[Cu+2].[N-]=[N+]=[N-].[N-]=[N+]=[N-].[N-]=[N+]=[N-].[N-]=[N+]=[N-]. The second-order valence-corrected chi connectivity index (χ2v) is 10.8. The van der Waals surface area contributed by atoms with Gasteiger partial charge in [0.2, 0.25) is 0 Å². The number of hydrogen-bond acceptors (Lipinski definition) is 12. The molecule has 0 unspecified atom stereocenters. The summed E-state index contributed by atoms with van der Waals surface area (Å²) in [4.78, 5) is 14.0. The maximum absolute atomic E-state index is 10.3. The Morgan fingerprint density at radius 2 is 0.450 bits per heavy atom. The summed E-state index contributed by atoms with van der Waals surface area (Å²) < 4.78 is 0. The molecule has 0 spiro atoms. The van der Waals surface area contributed by atoms with Crippen molar-refractivity contribution in [2.24, 2.45) is 0 Å². The Morgan fingerprint density at radius 1 is 0.317 bits per heavy atom. The molecule has 0 aliphatic rings. The summed E-state index contributed by atoms with van der Waals surface area (Å²) in [5, 5.41) is 75.5. The van der Waals surface area contributed by atoms with E-state index in [0.29, 0.717) is 52.4 Å².